The van der Waals surface area contributed by atoms with E-state index in [2.05, 4.69) is 0 Å². The smallest absolute Gasteiger partial charge is 0.531 e. The Bertz CT molecular complexity index is 522. The van der Waals surface area contributed by atoms with Crippen molar-refractivity contribution in [3.05, 3.63) is 35.2 Å². The van der Waals surface area contributed by atoms with E-state index in [4.69, 9.17) is 4.65 Å². The topological polar surface area (TPSA) is 29.5 Å². The maximum Gasteiger partial charge on any atom is 0.560 e. The minimum atomic E-state index is -0.831. The Hall–Kier alpha value is -1.26. The van der Waals surface area contributed by atoms with E-state index in [9.17, 15) is 5.02 Å². The predicted molar refractivity (Wildman–Crippen MR) is 74.1 cm³/mol. The van der Waals surface area contributed by atoms with Gasteiger partial charge in [0.25, 0.3) is 0 Å². The molecule has 1 aliphatic rings. The molecule has 0 atom stereocenters. The Morgan fingerprint density at radius 1 is 1.24 bits per heavy atom. The van der Waals surface area contributed by atoms with Gasteiger partial charge in [0.2, 0.25) is 0 Å². The zero-order valence-electron chi connectivity index (χ0n) is 10.2. The number of hydrogen-bond donors (Lipinski definition) is 1. The molecule has 0 radical (unpaired) electrons. The summed E-state index contributed by atoms with van der Waals surface area (Å²) in [6.45, 7) is 6.04. The molecule has 2 nitrogen and oxygen atoms in total. The first-order valence-corrected chi connectivity index (χ1v) is 6.62. The van der Waals surface area contributed by atoms with Crippen LogP contribution in [0.5, 0.6) is 5.75 Å². The van der Waals surface area contributed by atoms with Crippen molar-refractivity contribution in [2.24, 2.45) is 0 Å². The van der Waals surface area contributed by atoms with Gasteiger partial charge >= 0.3 is 7.12 Å². The summed E-state index contributed by atoms with van der Waals surface area (Å²) in [4.78, 5) is 2.32. The number of fused-ring (bicyclic) bond motifs is 3. The summed E-state index contributed by atoms with van der Waals surface area (Å²) in [6.07, 6.45) is 0. The van der Waals surface area contributed by atoms with Gasteiger partial charge in [0.15, 0.2) is 0 Å². The van der Waals surface area contributed by atoms with Crippen molar-refractivity contribution in [1.82, 2.24) is 0 Å². The molecule has 0 fully saturated rings. The van der Waals surface area contributed by atoms with Crippen LogP contribution in [0.3, 0.4) is 0 Å². The second-order valence-electron chi connectivity index (χ2n) is 3.61. The van der Waals surface area contributed by atoms with Crippen LogP contribution in [0, 0.1) is 6.92 Å². The van der Waals surface area contributed by atoms with Gasteiger partial charge in [0, 0.05) is 10.3 Å². The third-order valence-electron chi connectivity index (χ3n) is 2.53. The van der Waals surface area contributed by atoms with Gasteiger partial charge in [-0.25, -0.2) is 0 Å². The Morgan fingerprint density at radius 2 is 1.94 bits per heavy atom. The van der Waals surface area contributed by atoms with Crippen LogP contribution in [-0.2, 0) is 0 Å². The van der Waals surface area contributed by atoms with E-state index in [1.54, 1.807) is 11.3 Å². The van der Waals surface area contributed by atoms with Crippen LogP contribution in [0.25, 0.3) is 10.4 Å². The van der Waals surface area contributed by atoms with Crippen molar-refractivity contribution in [1.29, 1.82) is 0 Å². The molecule has 1 aliphatic heterocycles. The molecule has 88 valence electrons. The second kappa shape index (κ2) is 4.94. The van der Waals surface area contributed by atoms with Crippen LogP contribution in [0.1, 0.15) is 18.7 Å². The van der Waals surface area contributed by atoms with Crippen LogP contribution in [-0.4, -0.2) is 12.1 Å². The molecule has 1 aromatic heterocycles. The summed E-state index contributed by atoms with van der Waals surface area (Å²) < 4.78 is 5.45. The average molecular weight is 246 g/mol. The van der Waals surface area contributed by atoms with Crippen molar-refractivity contribution >= 4 is 23.9 Å². The molecule has 17 heavy (non-hydrogen) atoms. The summed E-state index contributed by atoms with van der Waals surface area (Å²) >= 11 is 1.70. The Morgan fingerprint density at radius 3 is 2.71 bits per heavy atom. The summed E-state index contributed by atoms with van der Waals surface area (Å²) in [6, 6.07) is 9.79. The van der Waals surface area contributed by atoms with Gasteiger partial charge in [-0.15, -0.1) is 11.3 Å². The highest BCUT2D eigenvalue weighted by molar-refractivity contribution is 7.16. The van der Waals surface area contributed by atoms with E-state index in [0.717, 1.165) is 21.7 Å². The SMILES string of the molecule is CC.Cc1cc2c(s1)-c1ccccc1B(O)O2. The van der Waals surface area contributed by atoms with Crippen molar-refractivity contribution in [2.45, 2.75) is 20.8 Å². The number of aryl methyl sites for hydroxylation is 1. The largest absolute Gasteiger partial charge is 0.560 e. The van der Waals surface area contributed by atoms with Gasteiger partial charge < -0.3 is 9.68 Å². The molecule has 0 amide bonds. The molecule has 2 aromatic rings. The molecule has 0 unspecified atom stereocenters. The van der Waals surface area contributed by atoms with Gasteiger partial charge in [0.1, 0.15) is 5.75 Å². The lowest BCUT2D eigenvalue weighted by atomic mass is 9.74. The molecule has 3 rings (SSSR count). The zero-order valence-corrected chi connectivity index (χ0v) is 11.0. The Kier molecular flexibility index (Phi) is 3.55. The van der Waals surface area contributed by atoms with Gasteiger partial charge in [-0.3, -0.25) is 0 Å². The lowest BCUT2D eigenvalue weighted by molar-refractivity contribution is 0.432. The highest BCUT2D eigenvalue weighted by Gasteiger charge is 2.30. The van der Waals surface area contributed by atoms with E-state index in [1.807, 2.05) is 51.1 Å². The molecular formula is C13H15BO2S. The average Bonchev–Trinajstić information content (AvgIpc) is 2.73. The third-order valence-corrected chi connectivity index (χ3v) is 3.60. The lowest BCUT2D eigenvalue weighted by Gasteiger charge is -2.19. The predicted octanol–water partition coefficient (Wildman–Crippen LogP) is 2.83. The van der Waals surface area contributed by atoms with Crippen molar-refractivity contribution in [2.75, 3.05) is 0 Å². The molecule has 1 aromatic carbocycles. The fraction of sp³-hybridized carbons (Fsp3) is 0.231. The Balaban J connectivity index is 0.000000514. The van der Waals surface area contributed by atoms with Crippen LogP contribution in [0.15, 0.2) is 30.3 Å². The molecule has 0 saturated carbocycles. The van der Waals surface area contributed by atoms with Crippen LogP contribution in [0.4, 0.5) is 0 Å². The van der Waals surface area contributed by atoms with E-state index < -0.39 is 7.12 Å². The molecule has 0 bridgehead atoms. The van der Waals surface area contributed by atoms with Crippen LogP contribution in [0.2, 0.25) is 0 Å². The summed E-state index contributed by atoms with van der Waals surface area (Å²) in [5, 5.41) is 9.80. The van der Waals surface area contributed by atoms with Crippen molar-refractivity contribution < 1.29 is 9.68 Å². The van der Waals surface area contributed by atoms with Gasteiger partial charge in [-0.2, -0.15) is 0 Å². The molecule has 1 N–H and O–H groups in total. The number of benzene rings is 1. The highest BCUT2D eigenvalue weighted by atomic mass is 32.1. The first-order valence-electron chi connectivity index (χ1n) is 5.80. The van der Waals surface area contributed by atoms with E-state index in [0.29, 0.717) is 0 Å². The molecule has 0 aliphatic carbocycles. The monoisotopic (exact) mass is 246 g/mol. The maximum atomic E-state index is 9.80. The minimum absolute atomic E-state index is 0.795. The zero-order chi connectivity index (χ0) is 12.4. The third kappa shape index (κ3) is 2.10. The summed E-state index contributed by atoms with van der Waals surface area (Å²) in [5.74, 6) is 0.795. The number of hydrogen-bond acceptors (Lipinski definition) is 3. The number of rotatable bonds is 0. The first-order chi connectivity index (χ1) is 8.25. The second-order valence-corrected chi connectivity index (χ2v) is 4.86. The first kappa shape index (κ1) is 12.2. The number of thiophene rings is 1. The van der Waals surface area contributed by atoms with E-state index >= 15 is 0 Å². The maximum absolute atomic E-state index is 9.80. The highest BCUT2D eigenvalue weighted by Crippen LogP contribution is 2.39. The summed E-state index contributed by atoms with van der Waals surface area (Å²) in [7, 11) is -0.831. The standard InChI is InChI=1S/C11H9BO2S.C2H6/c1-7-6-10-11(15-7)8-4-2-3-5-9(8)12(13)14-10;1-2/h2-6,13H,1H3;1-2H3. The normalized spacial score (nSPS) is 11.9. The van der Waals surface area contributed by atoms with Crippen LogP contribution >= 0.6 is 11.3 Å². The van der Waals surface area contributed by atoms with Crippen molar-refractivity contribution in [3.8, 4) is 16.2 Å². The fourth-order valence-electron chi connectivity index (χ4n) is 1.87. The molecule has 0 saturated heterocycles. The lowest BCUT2D eigenvalue weighted by Crippen LogP contribution is -2.40. The quantitative estimate of drug-likeness (QED) is 0.724. The Labute approximate surface area is 106 Å². The van der Waals surface area contributed by atoms with E-state index in [-0.39, 0.29) is 0 Å². The van der Waals surface area contributed by atoms with Gasteiger partial charge in [0.05, 0.1) is 4.88 Å². The van der Waals surface area contributed by atoms with Crippen LogP contribution < -0.4 is 10.1 Å². The molecule has 4 heteroatoms. The fourth-order valence-corrected chi connectivity index (χ4v) is 2.86. The van der Waals surface area contributed by atoms with Crippen molar-refractivity contribution in [3.63, 3.8) is 0 Å². The summed E-state index contributed by atoms with van der Waals surface area (Å²) in [5.41, 5.74) is 1.94. The minimum Gasteiger partial charge on any atom is -0.531 e. The van der Waals surface area contributed by atoms with E-state index in [1.165, 1.54) is 4.88 Å². The molecular weight excluding hydrogens is 231 g/mol. The van der Waals surface area contributed by atoms with Gasteiger partial charge in [-0.1, -0.05) is 38.1 Å². The molecule has 0 spiro atoms. The van der Waals surface area contributed by atoms with Gasteiger partial charge in [-0.05, 0) is 18.6 Å². The molecule has 2 heterocycles.